The zero-order chi connectivity index (χ0) is 15.4. The van der Waals surface area contributed by atoms with Crippen LogP contribution in [0.1, 0.15) is 16.1 Å². The van der Waals surface area contributed by atoms with Crippen molar-refractivity contribution in [3.63, 3.8) is 0 Å². The zero-order valence-electron chi connectivity index (χ0n) is 10.9. The van der Waals surface area contributed by atoms with Crippen molar-refractivity contribution in [1.82, 2.24) is 9.97 Å². The summed E-state index contributed by atoms with van der Waals surface area (Å²) in [6, 6.07) is 5.35. The number of benzene rings is 1. The topological polar surface area (TPSA) is 88.0 Å². The molecule has 0 radical (unpaired) electrons. The molecule has 6 nitrogen and oxygen atoms in total. The first-order valence-corrected chi connectivity index (χ1v) is 6.11. The van der Waals surface area contributed by atoms with Crippen molar-refractivity contribution in [3.8, 4) is 0 Å². The third-order valence-corrected chi connectivity index (χ3v) is 2.76. The minimum Gasteiger partial charge on any atom is -0.464 e. The summed E-state index contributed by atoms with van der Waals surface area (Å²) in [7, 11) is 1.22. The lowest BCUT2D eigenvalue weighted by molar-refractivity contribution is 0.0593. The molecule has 0 aliphatic carbocycles. The highest BCUT2D eigenvalue weighted by Crippen LogP contribution is 2.17. The van der Waals surface area contributed by atoms with Crippen molar-refractivity contribution >= 4 is 29.2 Å². The fraction of sp³-hybridized carbons (Fsp3) is 0.0769. The lowest BCUT2D eigenvalue weighted by Crippen LogP contribution is -2.15. The van der Waals surface area contributed by atoms with Crippen LogP contribution in [0.4, 0.5) is 10.2 Å². The number of rotatable bonds is 3. The number of carbonyl (C=O) groups excluding carboxylic acids is 1. The van der Waals surface area contributed by atoms with Gasteiger partial charge in [-0.25, -0.2) is 19.2 Å². The Kier molecular flexibility index (Phi) is 4.44. The number of nitrogens with zero attached hydrogens (tertiary/aromatic N) is 2. The van der Waals surface area contributed by atoms with E-state index in [2.05, 4.69) is 20.0 Å². The molecule has 108 valence electrons. The summed E-state index contributed by atoms with van der Waals surface area (Å²) in [5, 5.41) is 10.4. The molecule has 21 heavy (non-hydrogen) atoms. The lowest BCUT2D eigenvalue weighted by Gasteiger charge is -2.09. The Morgan fingerprint density at radius 3 is 2.62 bits per heavy atom. The van der Waals surface area contributed by atoms with Crippen LogP contribution in [0.15, 0.2) is 30.5 Å². The van der Waals surface area contributed by atoms with E-state index in [0.29, 0.717) is 5.56 Å². The number of anilines is 1. The van der Waals surface area contributed by atoms with Gasteiger partial charge in [0, 0.05) is 5.56 Å². The molecule has 1 aromatic heterocycles. The summed E-state index contributed by atoms with van der Waals surface area (Å²) in [6.45, 7) is 0. The number of halogens is 2. The molecule has 0 aliphatic heterocycles. The number of hydrogen-bond acceptors (Lipinski definition) is 5. The van der Waals surface area contributed by atoms with Crippen LogP contribution in [0.25, 0.3) is 0 Å². The van der Waals surface area contributed by atoms with Gasteiger partial charge in [0.15, 0.2) is 16.7 Å². The highest BCUT2D eigenvalue weighted by atomic mass is 35.5. The van der Waals surface area contributed by atoms with Crippen LogP contribution in [0.2, 0.25) is 5.15 Å². The molecule has 0 saturated heterocycles. The molecule has 0 saturated carbocycles. The van der Waals surface area contributed by atoms with E-state index in [9.17, 15) is 9.18 Å². The van der Waals surface area contributed by atoms with E-state index >= 15 is 0 Å². The molecule has 2 rings (SSSR count). The van der Waals surface area contributed by atoms with E-state index in [1.807, 2.05) is 0 Å². The van der Waals surface area contributed by atoms with Crippen molar-refractivity contribution in [2.75, 3.05) is 12.4 Å². The van der Waals surface area contributed by atoms with Gasteiger partial charge in [0.1, 0.15) is 11.7 Å². The van der Waals surface area contributed by atoms with Crippen molar-refractivity contribution < 1.29 is 13.9 Å². The average Bonchev–Trinajstić information content (AvgIpc) is 2.49. The minimum atomic E-state index is -0.662. The maximum absolute atomic E-state index is 12.8. The molecule has 0 bridgehead atoms. The minimum absolute atomic E-state index is 0.0305. The smallest absolute Gasteiger partial charge is 0.358 e. The lowest BCUT2D eigenvalue weighted by atomic mass is 10.2. The predicted octanol–water partition coefficient (Wildman–Crippen LogP) is 2.49. The molecule has 0 spiro atoms. The number of ether oxygens (including phenoxy) is 1. The van der Waals surface area contributed by atoms with Gasteiger partial charge in [-0.2, -0.15) is 0 Å². The molecule has 8 heteroatoms. The van der Waals surface area contributed by atoms with Crippen molar-refractivity contribution in [1.29, 1.82) is 5.41 Å². The Morgan fingerprint density at radius 2 is 2.05 bits per heavy atom. The third kappa shape index (κ3) is 3.51. The van der Waals surface area contributed by atoms with Gasteiger partial charge in [0.25, 0.3) is 0 Å². The van der Waals surface area contributed by atoms with Gasteiger partial charge in [-0.1, -0.05) is 11.6 Å². The van der Waals surface area contributed by atoms with Crippen LogP contribution in [0.5, 0.6) is 0 Å². The maximum atomic E-state index is 12.8. The molecular weight excluding hydrogens is 299 g/mol. The summed E-state index contributed by atoms with van der Waals surface area (Å²) >= 11 is 5.89. The molecule has 0 amide bonds. The zero-order valence-corrected chi connectivity index (χ0v) is 11.6. The van der Waals surface area contributed by atoms with Crippen LogP contribution in [-0.2, 0) is 4.74 Å². The first kappa shape index (κ1) is 14.9. The molecule has 1 aromatic carbocycles. The summed E-state index contributed by atoms with van der Waals surface area (Å²) in [5.74, 6) is -0.980. The van der Waals surface area contributed by atoms with Gasteiger partial charge in [-0.15, -0.1) is 0 Å². The number of esters is 1. The fourth-order valence-electron chi connectivity index (χ4n) is 1.46. The Morgan fingerprint density at radius 1 is 1.38 bits per heavy atom. The summed E-state index contributed by atoms with van der Waals surface area (Å²) in [5.41, 5.74) is 0.410. The van der Waals surface area contributed by atoms with Crippen LogP contribution >= 0.6 is 11.6 Å². The summed E-state index contributed by atoms with van der Waals surface area (Å²) in [6.07, 6.45) is 1.18. The SMILES string of the molecule is COC(=O)c1cnc(NC(=N)c2ccc(F)cc2)c(Cl)n1. The second-order valence-corrected chi connectivity index (χ2v) is 4.25. The molecule has 0 atom stereocenters. The first-order valence-electron chi connectivity index (χ1n) is 5.73. The van der Waals surface area contributed by atoms with Crippen LogP contribution in [0, 0.1) is 11.2 Å². The predicted molar refractivity (Wildman–Crippen MR) is 75.2 cm³/mol. The monoisotopic (exact) mass is 308 g/mol. The van der Waals surface area contributed by atoms with Gasteiger partial charge in [-0.3, -0.25) is 5.41 Å². The number of methoxy groups -OCH3 is 1. The van der Waals surface area contributed by atoms with Gasteiger partial charge in [0.2, 0.25) is 0 Å². The number of carbonyl (C=O) groups is 1. The molecule has 1 heterocycles. The Hall–Kier alpha value is -2.54. The van der Waals surface area contributed by atoms with Gasteiger partial charge in [0.05, 0.1) is 13.3 Å². The van der Waals surface area contributed by atoms with Crippen molar-refractivity contribution in [3.05, 3.63) is 52.7 Å². The van der Waals surface area contributed by atoms with Crippen molar-refractivity contribution in [2.24, 2.45) is 0 Å². The third-order valence-electron chi connectivity index (χ3n) is 2.50. The van der Waals surface area contributed by atoms with Crippen LogP contribution in [-0.4, -0.2) is 28.9 Å². The highest BCUT2D eigenvalue weighted by Gasteiger charge is 2.13. The standard InChI is InChI=1S/C13H10ClFN4O2/c1-21-13(20)9-6-17-12(10(14)18-9)19-11(16)7-2-4-8(15)5-3-7/h2-6H,1H3,(H2,16,17,19). The molecule has 2 N–H and O–H groups in total. The molecular formula is C13H10ClFN4O2. The van der Waals surface area contributed by atoms with Crippen molar-refractivity contribution in [2.45, 2.75) is 0 Å². The molecule has 2 aromatic rings. The first-order chi connectivity index (χ1) is 10.0. The van der Waals surface area contributed by atoms with E-state index in [4.69, 9.17) is 17.0 Å². The second kappa shape index (κ2) is 6.27. The Labute approximate surface area is 124 Å². The maximum Gasteiger partial charge on any atom is 0.358 e. The van der Waals surface area contributed by atoms with Gasteiger partial charge in [-0.05, 0) is 24.3 Å². The Balaban J connectivity index is 2.18. The van der Waals surface area contributed by atoms with E-state index in [1.165, 1.54) is 37.6 Å². The van der Waals surface area contributed by atoms with E-state index in [-0.39, 0.29) is 22.5 Å². The molecule has 0 aliphatic rings. The quantitative estimate of drug-likeness (QED) is 0.517. The fourth-order valence-corrected chi connectivity index (χ4v) is 1.65. The molecule has 0 fully saturated rings. The van der Waals surface area contributed by atoms with Gasteiger partial charge >= 0.3 is 5.97 Å². The number of nitrogens with one attached hydrogen (secondary N) is 2. The summed E-state index contributed by atoms with van der Waals surface area (Å²) < 4.78 is 17.3. The van der Waals surface area contributed by atoms with Crippen LogP contribution in [0.3, 0.4) is 0 Å². The summed E-state index contributed by atoms with van der Waals surface area (Å²) in [4.78, 5) is 19.0. The Bertz CT molecular complexity index is 691. The molecule has 0 unspecified atom stereocenters. The number of hydrogen-bond donors (Lipinski definition) is 2. The number of aromatic nitrogens is 2. The van der Waals surface area contributed by atoms with E-state index in [1.54, 1.807) is 0 Å². The largest absolute Gasteiger partial charge is 0.464 e. The van der Waals surface area contributed by atoms with Gasteiger partial charge < -0.3 is 10.1 Å². The average molecular weight is 309 g/mol. The normalized spacial score (nSPS) is 10.0. The van der Waals surface area contributed by atoms with E-state index < -0.39 is 11.8 Å². The second-order valence-electron chi connectivity index (χ2n) is 3.89. The number of amidine groups is 1. The highest BCUT2D eigenvalue weighted by molar-refractivity contribution is 6.32. The van der Waals surface area contributed by atoms with Crippen LogP contribution < -0.4 is 5.32 Å². The van der Waals surface area contributed by atoms with E-state index in [0.717, 1.165) is 0 Å².